The highest BCUT2D eigenvalue weighted by Crippen LogP contribution is 2.27. The zero-order valence-corrected chi connectivity index (χ0v) is 6.66. The minimum Gasteiger partial charge on any atom is -0.489 e. The van der Waals surface area contributed by atoms with Crippen LogP contribution in [0.3, 0.4) is 0 Å². The fourth-order valence-electron chi connectivity index (χ4n) is 1.26. The normalized spacial score (nSPS) is 20.6. The molecule has 1 aliphatic heterocycles. The first kappa shape index (κ1) is 7.43. The molecule has 0 aromatic heterocycles. The van der Waals surface area contributed by atoms with Crippen molar-refractivity contribution >= 4 is 5.69 Å². The zero-order valence-electron chi connectivity index (χ0n) is 6.66. The fraction of sp³-hybridized carbons (Fsp3) is 0.333. The van der Waals surface area contributed by atoms with Crippen molar-refractivity contribution in [2.24, 2.45) is 0 Å². The van der Waals surface area contributed by atoms with Crippen LogP contribution in [0.2, 0.25) is 0 Å². The van der Waals surface area contributed by atoms with Crippen molar-refractivity contribution in [2.45, 2.75) is 6.04 Å². The topological polar surface area (TPSA) is 41.5 Å². The third-order valence-electron chi connectivity index (χ3n) is 1.91. The van der Waals surface area contributed by atoms with E-state index in [2.05, 4.69) is 5.32 Å². The van der Waals surface area contributed by atoms with Crippen LogP contribution in [0.4, 0.5) is 5.69 Å². The lowest BCUT2D eigenvalue weighted by molar-refractivity contribution is 0.207. The molecule has 0 spiro atoms. The van der Waals surface area contributed by atoms with E-state index in [1.54, 1.807) is 0 Å². The van der Waals surface area contributed by atoms with Gasteiger partial charge in [-0.25, -0.2) is 0 Å². The van der Waals surface area contributed by atoms with Gasteiger partial charge in [0, 0.05) is 0 Å². The lowest BCUT2D eigenvalue weighted by Crippen LogP contribution is -2.34. The van der Waals surface area contributed by atoms with Crippen LogP contribution in [-0.4, -0.2) is 24.4 Å². The Kier molecular flexibility index (Phi) is 1.87. The van der Waals surface area contributed by atoms with Gasteiger partial charge >= 0.3 is 0 Å². The minimum atomic E-state index is 0.0277. The summed E-state index contributed by atoms with van der Waals surface area (Å²) >= 11 is 0. The number of aliphatic hydroxyl groups excluding tert-OH is 1. The van der Waals surface area contributed by atoms with Crippen molar-refractivity contribution in [3.63, 3.8) is 0 Å². The third kappa shape index (κ3) is 1.23. The van der Waals surface area contributed by atoms with E-state index in [1.807, 2.05) is 24.3 Å². The van der Waals surface area contributed by atoms with Gasteiger partial charge in [-0.1, -0.05) is 12.1 Å². The van der Waals surface area contributed by atoms with Crippen LogP contribution in [0.5, 0.6) is 5.75 Å². The molecule has 0 aliphatic carbocycles. The number of anilines is 1. The fourth-order valence-corrected chi connectivity index (χ4v) is 1.26. The molecule has 12 heavy (non-hydrogen) atoms. The molecule has 0 bridgehead atoms. The Morgan fingerprint density at radius 2 is 2.33 bits per heavy atom. The van der Waals surface area contributed by atoms with Gasteiger partial charge in [0.1, 0.15) is 12.4 Å². The van der Waals surface area contributed by atoms with Crippen molar-refractivity contribution < 1.29 is 9.84 Å². The Balaban J connectivity index is 2.23. The van der Waals surface area contributed by atoms with Crippen molar-refractivity contribution in [3.8, 4) is 5.75 Å². The van der Waals surface area contributed by atoms with Gasteiger partial charge in [0.25, 0.3) is 0 Å². The number of rotatable bonds is 1. The van der Waals surface area contributed by atoms with Crippen LogP contribution in [0.15, 0.2) is 24.3 Å². The number of hydrogen-bond donors (Lipinski definition) is 2. The molecule has 2 rings (SSSR count). The molecule has 0 saturated heterocycles. The molecule has 1 atom stereocenters. The van der Waals surface area contributed by atoms with E-state index in [0.29, 0.717) is 6.61 Å². The van der Waals surface area contributed by atoms with Gasteiger partial charge in [-0.3, -0.25) is 0 Å². The number of benzene rings is 1. The Bertz CT molecular complexity index is 275. The molecule has 0 unspecified atom stereocenters. The zero-order chi connectivity index (χ0) is 8.39. The van der Waals surface area contributed by atoms with E-state index >= 15 is 0 Å². The van der Waals surface area contributed by atoms with Crippen LogP contribution < -0.4 is 10.1 Å². The second-order valence-corrected chi connectivity index (χ2v) is 2.83. The summed E-state index contributed by atoms with van der Waals surface area (Å²) < 4.78 is 5.40. The second-order valence-electron chi connectivity index (χ2n) is 2.83. The van der Waals surface area contributed by atoms with Gasteiger partial charge in [0.05, 0.1) is 18.3 Å². The number of ether oxygens (including phenoxy) is 1. The van der Waals surface area contributed by atoms with Crippen LogP contribution >= 0.6 is 0 Å². The predicted molar refractivity (Wildman–Crippen MR) is 46.4 cm³/mol. The van der Waals surface area contributed by atoms with E-state index < -0.39 is 0 Å². The first-order valence-corrected chi connectivity index (χ1v) is 3.99. The van der Waals surface area contributed by atoms with Gasteiger partial charge in [-0.05, 0) is 12.1 Å². The molecular formula is C9H11NO2. The minimum absolute atomic E-state index is 0.0277. The molecule has 0 saturated carbocycles. The lowest BCUT2D eigenvalue weighted by Gasteiger charge is -2.25. The van der Waals surface area contributed by atoms with E-state index in [4.69, 9.17) is 9.84 Å². The highest BCUT2D eigenvalue weighted by atomic mass is 16.5. The number of nitrogens with one attached hydrogen (secondary N) is 1. The smallest absolute Gasteiger partial charge is 0.142 e. The van der Waals surface area contributed by atoms with Crippen LogP contribution in [-0.2, 0) is 0 Å². The van der Waals surface area contributed by atoms with Gasteiger partial charge < -0.3 is 15.2 Å². The number of hydrogen-bond acceptors (Lipinski definition) is 3. The summed E-state index contributed by atoms with van der Waals surface area (Å²) in [5.41, 5.74) is 0.961. The van der Waals surface area contributed by atoms with Crippen molar-refractivity contribution in [1.82, 2.24) is 0 Å². The number of fused-ring (bicyclic) bond motifs is 1. The van der Waals surface area contributed by atoms with Crippen molar-refractivity contribution in [1.29, 1.82) is 0 Å². The lowest BCUT2D eigenvalue weighted by atomic mass is 10.2. The molecular weight excluding hydrogens is 154 g/mol. The van der Waals surface area contributed by atoms with E-state index in [1.165, 1.54) is 0 Å². The standard InChI is InChI=1S/C9H11NO2/c11-5-7-6-12-9-4-2-1-3-8(9)10-7/h1-4,7,10-11H,5-6H2/t7-/m1/s1. The highest BCUT2D eigenvalue weighted by molar-refractivity contribution is 5.58. The summed E-state index contributed by atoms with van der Waals surface area (Å²) in [5, 5.41) is 12.0. The van der Waals surface area contributed by atoms with Crippen LogP contribution in [0, 0.1) is 0 Å². The summed E-state index contributed by atoms with van der Waals surface area (Å²) in [7, 11) is 0. The molecule has 3 nitrogen and oxygen atoms in total. The Morgan fingerprint density at radius 1 is 1.50 bits per heavy atom. The Hall–Kier alpha value is -1.22. The van der Waals surface area contributed by atoms with Gasteiger partial charge in [0.15, 0.2) is 0 Å². The average molecular weight is 165 g/mol. The summed E-state index contributed by atoms with van der Waals surface area (Å²) in [6.45, 7) is 0.641. The molecule has 0 fully saturated rings. The van der Waals surface area contributed by atoms with Crippen LogP contribution in [0.1, 0.15) is 0 Å². The van der Waals surface area contributed by atoms with Gasteiger partial charge in [-0.2, -0.15) is 0 Å². The Labute approximate surface area is 71.0 Å². The molecule has 0 radical (unpaired) electrons. The molecule has 64 valence electrons. The third-order valence-corrected chi connectivity index (χ3v) is 1.91. The van der Waals surface area contributed by atoms with E-state index in [9.17, 15) is 0 Å². The number of aliphatic hydroxyl groups is 1. The van der Waals surface area contributed by atoms with Gasteiger partial charge in [-0.15, -0.1) is 0 Å². The molecule has 1 aromatic carbocycles. The summed E-state index contributed by atoms with van der Waals surface area (Å²) in [5.74, 6) is 0.863. The molecule has 0 amide bonds. The second kappa shape index (κ2) is 3.03. The van der Waals surface area contributed by atoms with Crippen LogP contribution in [0.25, 0.3) is 0 Å². The van der Waals surface area contributed by atoms with E-state index in [0.717, 1.165) is 11.4 Å². The predicted octanol–water partition coefficient (Wildman–Crippen LogP) is 0.852. The summed E-state index contributed by atoms with van der Waals surface area (Å²) in [6, 6.07) is 7.75. The maximum Gasteiger partial charge on any atom is 0.142 e. The van der Waals surface area contributed by atoms with E-state index in [-0.39, 0.29) is 12.6 Å². The highest BCUT2D eigenvalue weighted by Gasteiger charge is 2.16. The Morgan fingerprint density at radius 3 is 3.17 bits per heavy atom. The maximum atomic E-state index is 8.87. The summed E-state index contributed by atoms with van der Waals surface area (Å²) in [4.78, 5) is 0. The number of para-hydroxylation sites is 2. The molecule has 1 heterocycles. The average Bonchev–Trinajstić information content (AvgIpc) is 2.17. The first-order chi connectivity index (χ1) is 5.90. The monoisotopic (exact) mass is 165 g/mol. The summed E-state index contributed by atoms with van der Waals surface area (Å²) in [6.07, 6.45) is 0. The van der Waals surface area contributed by atoms with Crippen molar-refractivity contribution in [2.75, 3.05) is 18.5 Å². The quantitative estimate of drug-likeness (QED) is 0.648. The molecule has 1 aromatic rings. The van der Waals surface area contributed by atoms with Gasteiger partial charge in [0.2, 0.25) is 0 Å². The molecule has 2 N–H and O–H groups in total. The maximum absolute atomic E-state index is 8.87. The first-order valence-electron chi connectivity index (χ1n) is 3.99. The van der Waals surface area contributed by atoms with Crippen molar-refractivity contribution in [3.05, 3.63) is 24.3 Å². The molecule has 3 heteroatoms. The molecule has 1 aliphatic rings. The SMILES string of the molecule is OC[C@@H]1COc2ccccc2N1. The largest absolute Gasteiger partial charge is 0.489 e.